The molecule has 1 aromatic rings. The van der Waals surface area contributed by atoms with Crippen molar-refractivity contribution in [1.82, 2.24) is 5.32 Å². The van der Waals surface area contributed by atoms with E-state index < -0.39 is 21.6 Å². The number of rotatable bonds is 5. The van der Waals surface area contributed by atoms with Gasteiger partial charge < -0.3 is 11.1 Å². The van der Waals surface area contributed by atoms with E-state index in [1.807, 2.05) is 0 Å². The smallest absolute Gasteiger partial charge is 0.254 e. The molecule has 0 atom stereocenters. The molecule has 0 saturated carbocycles. The minimum absolute atomic E-state index is 0.00856. The molecule has 1 rings (SSSR count). The van der Waals surface area contributed by atoms with Gasteiger partial charge in [-0.1, -0.05) is 6.92 Å². The zero-order valence-corrected chi connectivity index (χ0v) is 11.7. The second-order valence-corrected chi connectivity index (χ2v) is 6.66. The highest BCUT2D eigenvalue weighted by Gasteiger charge is 2.15. The number of halogens is 1. The average molecular weight is 288 g/mol. The van der Waals surface area contributed by atoms with Crippen molar-refractivity contribution < 1.29 is 17.6 Å². The minimum Gasteiger partial charge on any atom is -0.399 e. The van der Waals surface area contributed by atoms with Crippen LogP contribution in [-0.4, -0.2) is 32.4 Å². The molecule has 1 aromatic carbocycles. The quantitative estimate of drug-likeness (QED) is 0.787. The lowest BCUT2D eigenvalue weighted by atomic mass is 10.1. The first kappa shape index (κ1) is 15.4. The number of nitrogen functional groups attached to an aromatic ring is 1. The third kappa shape index (κ3) is 4.20. The van der Waals surface area contributed by atoms with Gasteiger partial charge in [0.15, 0.2) is 9.84 Å². The number of hydrogen-bond acceptors (Lipinski definition) is 4. The van der Waals surface area contributed by atoms with Crippen LogP contribution in [0.1, 0.15) is 22.8 Å². The van der Waals surface area contributed by atoms with Gasteiger partial charge in [-0.15, -0.1) is 0 Å². The van der Waals surface area contributed by atoms with Crippen LogP contribution >= 0.6 is 0 Å². The average Bonchev–Trinajstić information content (AvgIpc) is 2.33. The zero-order valence-electron chi connectivity index (χ0n) is 10.9. The Hall–Kier alpha value is -1.63. The summed E-state index contributed by atoms with van der Waals surface area (Å²) >= 11 is 0. The fourth-order valence-corrected chi connectivity index (χ4v) is 2.22. The Kier molecular flexibility index (Phi) is 4.88. The predicted molar refractivity (Wildman–Crippen MR) is 72.2 cm³/mol. The molecule has 0 aliphatic rings. The van der Waals surface area contributed by atoms with Crippen molar-refractivity contribution in [1.29, 1.82) is 0 Å². The molecule has 0 unspecified atom stereocenters. The van der Waals surface area contributed by atoms with Gasteiger partial charge in [-0.25, -0.2) is 12.8 Å². The van der Waals surface area contributed by atoms with Crippen LogP contribution in [0.3, 0.4) is 0 Å². The minimum atomic E-state index is -3.16. The van der Waals surface area contributed by atoms with E-state index in [9.17, 15) is 17.6 Å². The standard InChI is InChI=1S/C12H17FN2O3S/c1-3-19(17,18)5-4-15-12(16)10-7-9(14)6-8(2)11(10)13/h6-7H,3-5,14H2,1-2H3,(H,15,16). The number of carbonyl (C=O) groups excluding carboxylic acids is 1. The molecule has 0 aromatic heterocycles. The number of hydrogen-bond donors (Lipinski definition) is 2. The topological polar surface area (TPSA) is 89.3 Å². The van der Waals surface area contributed by atoms with Gasteiger partial charge >= 0.3 is 0 Å². The molecule has 0 heterocycles. The second-order valence-electron chi connectivity index (χ2n) is 4.19. The third-order valence-electron chi connectivity index (χ3n) is 2.66. The molecule has 0 spiro atoms. The lowest BCUT2D eigenvalue weighted by molar-refractivity contribution is 0.0952. The highest BCUT2D eigenvalue weighted by atomic mass is 32.2. The Balaban J connectivity index is 2.75. The van der Waals surface area contributed by atoms with Crippen molar-refractivity contribution in [3.05, 3.63) is 29.1 Å². The number of amides is 1. The summed E-state index contributed by atoms with van der Waals surface area (Å²) in [7, 11) is -3.16. The predicted octanol–water partition coefficient (Wildman–Crippen LogP) is 0.881. The van der Waals surface area contributed by atoms with Gasteiger partial charge in [0.25, 0.3) is 5.91 Å². The number of carbonyl (C=O) groups is 1. The van der Waals surface area contributed by atoms with Gasteiger partial charge in [-0.05, 0) is 24.6 Å². The second kappa shape index (κ2) is 6.01. The van der Waals surface area contributed by atoms with Crippen LogP contribution in [0.2, 0.25) is 0 Å². The number of benzene rings is 1. The van der Waals surface area contributed by atoms with Crippen LogP contribution in [0.15, 0.2) is 12.1 Å². The van der Waals surface area contributed by atoms with Gasteiger partial charge in [0.2, 0.25) is 0 Å². The summed E-state index contributed by atoms with van der Waals surface area (Å²) < 4.78 is 36.2. The molecular weight excluding hydrogens is 271 g/mol. The third-order valence-corrected chi connectivity index (χ3v) is 4.37. The van der Waals surface area contributed by atoms with E-state index in [0.29, 0.717) is 0 Å². The van der Waals surface area contributed by atoms with Gasteiger partial charge in [-0.3, -0.25) is 4.79 Å². The first-order valence-electron chi connectivity index (χ1n) is 5.81. The molecule has 7 heteroatoms. The normalized spacial score (nSPS) is 11.3. The van der Waals surface area contributed by atoms with Crippen molar-refractivity contribution in [2.75, 3.05) is 23.8 Å². The van der Waals surface area contributed by atoms with Crippen molar-refractivity contribution in [3.8, 4) is 0 Å². The fraction of sp³-hybridized carbons (Fsp3) is 0.417. The molecule has 0 saturated heterocycles. The highest BCUT2D eigenvalue weighted by molar-refractivity contribution is 7.91. The summed E-state index contributed by atoms with van der Waals surface area (Å²) in [5.41, 5.74) is 5.92. The maximum atomic E-state index is 13.7. The Morgan fingerprint density at radius 2 is 2.05 bits per heavy atom. The zero-order chi connectivity index (χ0) is 14.6. The highest BCUT2D eigenvalue weighted by Crippen LogP contribution is 2.16. The summed E-state index contributed by atoms with van der Waals surface area (Å²) in [6.45, 7) is 2.98. The molecule has 106 valence electrons. The molecule has 3 N–H and O–H groups in total. The molecule has 19 heavy (non-hydrogen) atoms. The SMILES string of the molecule is CCS(=O)(=O)CCNC(=O)c1cc(N)cc(C)c1F. The van der Waals surface area contributed by atoms with E-state index in [1.165, 1.54) is 26.0 Å². The summed E-state index contributed by atoms with van der Waals surface area (Å²) in [6, 6.07) is 2.65. The summed E-state index contributed by atoms with van der Waals surface area (Å²) in [6.07, 6.45) is 0. The Morgan fingerprint density at radius 3 is 2.63 bits per heavy atom. The van der Waals surface area contributed by atoms with Crippen LogP contribution < -0.4 is 11.1 Å². The van der Waals surface area contributed by atoms with Crippen molar-refractivity contribution in [2.24, 2.45) is 0 Å². The number of nitrogens with two attached hydrogens (primary N) is 1. The van der Waals surface area contributed by atoms with E-state index >= 15 is 0 Å². The summed E-state index contributed by atoms with van der Waals surface area (Å²) in [5.74, 6) is -1.48. The van der Waals surface area contributed by atoms with E-state index in [2.05, 4.69) is 5.32 Å². The molecular formula is C12H17FN2O3S. The van der Waals surface area contributed by atoms with Crippen LogP contribution in [-0.2, 0) is 9.84 Å². The maximum absolute atomic E-state index is 13.7. The van der Waals surface area contributed by atoms with Crippen molar-refractivity contribution in [3.63, 3.8) is 0 Å². The number of sulfone groups is 1. The molecule has 0 aliphatic carbocycles. The van der Waals surface area contributed by atoms with E-state index in [4.69, 9.17) is 5.73 Å². The van der Waals surface area contributed by atoms with E-state index in [0.717, 1.165) is 0 Å². The molecule has 1 amide bonds. The number of anilines is 1. The number of nitrogens with one attached hydrogen (secondary N) is 1. The first-order chi connectivity index (χ1) is 8.76. The van der Waals surface area contributed by atoms with Crippen molar-refractivity contribution >= 4 is 21.4 Å². The summed E-state index contributed by atoms with van der Waals surface area (Å²) in [5, 5.41) is 2.37. The number of aryl methyl sites for hydroxylation is 1. The summed E-state index contributed by atoms with van der Waals surface area (Å²) in [4.78, 5) is 11.7. The van der Waals surface area contributed by atoms with Gasteiger partial charge in [0, 0.05) is 18.0 Å². The van der Waals surface area contributed by atoms with Crippen LogP contribution in [0.25, 0.3) is 0 Å². The Morgan fingerprint density at radius 1 is 1.42 bits per heavy atom. The molecule has 0 bridgehead atoms. The Labute approximate surface area is 111 Å². The van der Waals surface area contributed by atoms with Crippen LogP contribution in [0.5, 0.6) is 0 Å². The maximum Gasteiger partial charge on any atom is 0.254 e. The van der Waals surface area contributed by atoms with E-state index in [1.54, 1.807) is 0 Å². The lowest BCUT2D eigenvalue weighted by Gasteiger charge is -2.08. The molecule has 0 fully saturated rings. The van der Waals surface area contributed by atoms with Crippen LogP contribution in [0, 0.1) is 12.7 Å². The van der Waals surface area contributed by atoms with Gasteiger partial charge in [0.05, 0.1) is 11.3 Å². The monoisotopic (exact) mass is 288 g/mol. The molecule has 5 nitrogen and oxygen atoms in total. The van der Waals surface area contributed by atoms with E-state index in [-0.39, 0.29) is 34.9 Å². The molecule has 0 radical (unpaired) electrons. The van der Waals surface area contributed by atoms with Crippen LogP contribution in [0.4, 0.5) is 10.1 Å². The lowest BCUT2D eigenvalue weighted by Crippen LogP contribution is -2.30. The van der Waals surface area contributed by atoms with Gasteiger partial charge in [-0.2, -0.15) is 0 Å². The van der Waals surface area contributed by atoms with Gasteiger partial charge in [0.1, 0.15) is 5.82 Å². The molecule has 0 aliphatic heterocycles. The van der Waals surface area contributed by atoms with Crippen molar-refractivity contribution in [2.45, 2.75) is 13.8 Å². The fourth-order valence-electron chi connectivity index (χ4n) is 1.52. The first-order valence-corrected chi connectivity index (χ1v) is 7.63. The largest absolute Gasteiger partial charge is 0.399 e. The Bertz CT molecular complexity index is 585.